The quantitative estimate of drug-likeness (QED) is 0.839. The molecule has 6 nitrogen and oxygen atoms in total. The van der Waals surface area contributed by atoms with Crippen molar-refractivity contribution in [1.82, 2.24) is 9.71 Å². The molecule has 1 aromatic heterocycles. The van der Waals surface area contributed by atoms with Crippen molar-refractivity contribution in [2.45, 2.75) is 49.5 Å². The maximum atomic E-state index is 12.4. The predicted octanol–water partition coefficient (Wildman–Crippen LogP) is 2.71. The van der Waals surface area contributed by atoms with E-state index in [1.54, 1.807) is 0 Å². The summed E-state index contributed by atoms with van der Waals surface area (Å²) in [6.07, 6.45) is 6.10. The van der Waals surface area contributed by atoms with Crippen LogP contribution < -0.4 is 10.0 Å². The van der Waals surface area contributed by atoms with Crippen LogP contribution in [-0.2, 0) is 22.9 Å². The van der Waals surface area contributed by atoms with Crippen LogP contribution in [0.1, 0.15) is 46.6 Å². The second-order valence-electron chi connectivity index (χ2n) is 6.47. The van der Waals surface area contributed by atoms with Gasteiger partial charge in [0.15, 0.2) is 5.13 Å². The molecule has 8 heteroatoms. The Labute approximate surface area is 150 Å². The summed E-state index contributed by atoms with van der Waals surface area (Å²) in [7, 11) is -3.49. The van der Waals surface area contributed by atoms with Crippen LogP contribution in [-0.4, -0.2) is 25.4 Å². The zero-order chi connectivity index (χ0) is 17.4. The molecule has 0 bridgehead atoms. The number of carbonyl (C=O) groups excluding carboxylic acids is 1. The lowest BCUT2D eigenvalue weighted by molar-refractivity contribution is 0.102. The number of anilines is 1. The largest absolute Gasteiger partial charge is 0.298 e. The van der Waals surface area contributed by atoms with Crippen LogP contribution in [0.15, 0.2) is 29.2 Å². The van der Waals surface area contributed by atoms with Crippen LogP contribution in [0.4, 0.5) is 5.13 Å². The number of rotatable bonds is 5. The molecule has 2 aromatic rings. The van der Waals surface area contributed by atoms with Crippen molar-refractivity contribution in [2.24, 2.45) is 0 Å². The van der Waals surface area contributed by atoms with E-state index >= 15 is 0 Å². The molecule has 2 aliphatic rings. The first-order valence-electron chi connectivity index (χ1n) is 8.43. The highest BCUT2D eigenvalue weighted by Crippen LogP contribution is 2.29. The summed E-state index contributed by atoms with van der Waals surface area (Å²) in [6, 6.07) is 6.05. The summed E-state index contributed by atoms with van der Waals surface area (Å²) in [6.45, 7) is 0. The predicted molar refractivity (Wildman–Crippen MR) is 96.5 cm³/mol. The fraction of sp³-hybridized carbons (Fsp3) is 0.412. The first-order chi connectivity index (χ1) is 12.0. The van der Waals surface area contributed by atoms with Crippen molar-refractivity contribution in [3.8, 4) is 0 Å². The first kappa shape index (κ1) is 16.7. The molecule has 1 heterocycles. The molecule has 25 heavy (non-hydrogen) atoms. The van der Waals surface area contributed by atoms with E-state index in [1.165, 1.54) is 46.9 Å². The SMILES string of the molecule is O=C(Nc1nc2c(s1)CCCC2)c1ccc(S(=O)(=O)NC2CC2)cc1. The summed E-state index contributed by atoms with van der Waals surface area (Å²) < 4.78 is 26.9. The average molecular weight is 377 g/mol. The minimum Gasteiger partial charge on any atom is -0.298 e. The van der Waals surface area contributed by atoms with E-state index in [4.69, 9.17) is 0 Å². The zero-order valence-corrected chi connectivity index (χ0v) is 15.3. The van der Waals surface area contributed by atoms with E-state index in [0.717, 1.165) is 37.8 Å². The number of thiazole rings is 1. The van der Waals surface area contributed by atoms with E-state index < -0.39 is 10.0 Å². The average Bonchev–Trinajstić information content (AvgIpc) is 3.30. The van der Waals surface area contributed by atoms with Crippen LogP contribution in [0, 0.1) is 0 Å². The molecular formula is C17H19N3O3S2. The van der Waals surface area contributed by atoms with Gasteiger partial charge < -0.3 is 0 Å². The van der Waals surface area contributed by atoms with Gasteiger partial charge in [-0.15, -0.1) is 11.3 Å². The number of nitrogens with one attached hydrogen (secondary N) is 2. The standard InChI is InChI=1S/C17H19N3O3S2/c21-16(19-17-18-14-3-1-2-4-15(14)24-17)11-5-9-13(10-6-11)25(22,23)20-12-7-8-12/h5-6,9-10,12,20H,1-4,7-8H2,(H,18,19,21). The summed E-state index contributed by atoms with van der Waals surface area (Å²) >= 11 is 1.53. The molecule has 1 fully saturated rings. The van der Waals surface area contributed by atoms with E-state index in [-0.39, 0.29) is 16.8 Å². The Bertz CT molecular complexity index is 876. The number of hydrogen-bond acceptors (Lipinski definition) is 5. The molecule has 2 N–H and O–H groups in total. The smallest absolute Gasteiger partial charge is 0.257 e. The van der Waals surface area contributed by atoms with Gasteiger partial charge in [-0.2, -0.15) is 0 Å². The van der Waals surface area contributed by atoms with Gasteiger partial charge >= 0.3 is 0 Å². The Morgan fingerprint density at radius 1 is 1.12 bits per heavy atom. The molecule has 1 saturated carbocycles. The second-order valence-corrected chi connectivity index (χ2v) is 9.27. The normalized spacial score (nSPS) is 17.1. The maximum absolute atomic E-state index is 12.4. The summed E-state index contributed by atoms with van der Waals surface area (Å²) in [4.78, 5) is 18.3. The molecule has 132 valence electrons. The molecular weight excluding hydrogens is 358 g/mol. The minimum atomic E-state index is -3.49. The van der Waals surface area contributed by atoms with Gasteiger partial charge in [0.1, 0.15) is 0 Å². The Hall–Kier alpha value is -1.77. The topological polar surface area (TPSA) is 88.2 Å². The number of fused-ring (bicyclic) bond motifs is 1. The molecule has 0 saturated heterocycles. The highest BCUT2D eigenvalue weighted by Gasteiger charge is 2.28. The number of sulfonamides is 1. The zero-order valence-electron chi connectivity index (χ0n) is 13.6. The highest BCUT2D eigenvalue weighted by molar-refractivity contribution is 7.89. The van der Waals surface area contributed by atoms with Crippen LogP contribution >= 0.6 is 11.3 Å². The maximum Gasteiger partial charge on any atom is 0.257 e. The van der Waals surface area contributed by atoms with Crippen molar-refractivity contribution < 1.29 is 13.2 Å². The molecule has 2 aliphatic carbocycles. The lowest BCUT2D eigenvalue weighted by atomic mass is 10.0. The van der Waals surface area contributed by atoms with Crippen molar-refractivity contribution in [2.75, 3.05) is 5.32 Å². The van der Waals surface area contributed by atoms with E-state index in [1.807, 2.05) is 0 Å². The number of hydrogen-bond donors (Lipinski definition) is 2. The molecule has 0 spiro atoms. The van der Waals surface area contributed by atoms with E-state index in [9.17, 15) is 13.2 Å². The van der Waals surface area contributed by atoms with Gasteiger partial charge in [0, 0.05) is 16.5 Å². The third kappa shape index (κ3) is 3.75. The van der Waals surface area contributed by atoms with E-state index in [2.05, 4.69) is 15.0 Å². The lowest BCUT2D eigenvalue weighted by Crippen LogP contribution is -2.25. The molecule has 4 rings (SSSR count). The molecule has 1 aromatic carbocycles. The Morgan fingerprint density at radius 2 is 1.84 bits per heavy atom. The summed E-state index contributed by atoms with van der Waals surface area (Å²) in [5.74, 6) is -0.273. The van der Waals surface area contributed by atoms with Crippen LogP contribution in [0.5, 0.6) is 0 Å². The van der Waals surface area contributed by atoms with Crippen molar-refractivity contribution in [1.29, 1.82) is 0 Å². The fourth-order valence-electron chi connectivity index (χ4n) is 2.85. The van der Waals surface area contributed by atoms with Crippen molar-refractivity contribution in [3.63, 3.8) is 0 Å². The lowest BCUT2D eigenvalue weighted by Gasteiger charge is -2.06. The Kier molecular flexibility index (Phi) is 4.35. The minimum absolute atomic E-state index is 0.0592. The fourth-order valence-corrected chi connectivity index (χ4v) is 5.20. The molecule has 0 radical (unpaired) electrons. The third-order valence-corrected chi connectivity index (χ3v) is 7.00. The Balaban J connectivity index is 1.46. The first-order valence-corrected chi connectivity index (χ1v) is 10.7. The van der Waals surface area contributed by atoms with Gasteiger partial charge in [0.25, 0.3) is 5.91 Å². The molecule has 0 atom stereocenters. The summed E-state index contributed by atoms with van der Waals surface area (Å²) in [5.41, 5.74) is 1.51. The van der Waals surface area contributed by atoms with Gasteiger partial charge in [-0.1, -0.05) is 0 Å². The number of amides is 1. The highest BCUT2D eigenvalue weighted by atomic mass is 32.2. The second kappa shape index (κ2) is 6.51. The number of nitrogens with zero attached hydrogens (tertiary/aromatic N) is 1. The number of carbonyl (C=O) groups is 1. The molecule has 1 amide bonds. The van der Waals surface area contributed by atoms with Crippen LogP contribution in [0.2, 0.25) is 0 Å². The van der Waals surface area contributed by atoms with Gasteiger partial charge in [0.05, 0.1) is 10.6 Å². The van der Waals surface area contributed by atoms with Gasteiger partial charge in [-0.25, -0.2) is 18.1 Å². The Morgan fingerprint density at radius 3 is 2.52 bits per heavy atom. The van der Waals surface area contributed by atoms with E-state index in [0.29, 0.717) is 10.7 Å². The molecule has 0 unspecified atom stereocenters. The van der Waals surface area contributed by atoms with Gasteiger partial charge in [-0.05, 0) is 62.8 Å². The number of benzene rings is 1. The van der Waals surface area contributed by atoms with Gasteiger partial charge in [0.2, 0.25) is 10.0 Å². The molecule has 0 aliphatic heterocycles. The van der Waals surface area contributed by atoms with Crippen molar-refractivity contribution >= 4 is 32.4 Å². The third-order valence-electron chi connectivity index (χ3n) is 4.39. The summed E-state index contributed by atoms with van der Waals surface area (Å²) in [5, 5.41) is 3.43. The van der Waals surface area contributed by atoms with Crippen LogP contribution in [0.3, 0.4) is 0 Å². The van der Waals surface area contributed by atoms with Crippen LogP contribution in [0.25, 0.3) is 0 Å². The number of aromatic nitrogens is 1. The van der Waals surface area contributed by atoms with Crippen molar-refractivity contribution in [3.05, 3.63) is 40.4 Å². The number of aryl methyl sites for hydroxylation is 2. The monoisotopic (exact) mass is 377 g/mol. The van der Waals surface area contributed by atoms with Gasteiger partial charge in [-0.3, -0.25) is 10.1 Å².